The third-order valence-corrected chi connectivity index (χ3v) is 22.9. The van der Waals surface area contributed by atoms with Crippen LogP contribution in [0.1, 0.15) is 130 Å². The van der Waals surface area contributed by atoms with E-state index < -0.39 is 59.3 Å². The van der Waals surface area contributed by atoms with E-state index >= 15 is 0 Å². The molecule has 107 heavy (non-hydrogen) atoms. The number of nitrogens with one attached hydrogen (secondary N) is 3. The summed E-state index contributed by atoms with van der Waals surface area (Å²) in [5.74, 6) is 0.669. The smallest absolute Gasteiger partial charge is 0.262 e. The lowest BCUT2D eigenvalue weighted by atomic mass is 9.87. The summed E-state index contributed by atoms with van der Waals surface area (Å²) in [4.78, 5) is 129. The lowest BCUT2D eigenvalue weighted by Gasteiger charge is -2.36. The number of hydrogen-bond donors (Lipinski definition) is 5. The highest BCUT2D eigenvalue weighted by Gasteiger charge is 2.46. The molecule has 10 aromatic rings. The van der Waals surface area contributed by atoms with Crippen LogP contribution in [0.5, 0.6) is 0 Å². The van der Waals surface area contributed by atoms with Crippen molar-refractivity contribution in [2.45, 2.75) is 95.1 Å². The number of fused-ring (bicyclic) bond motifs is 6. The molecule has 0 radical (unpaired) electrons. The van der Waals surface area contributed by atoms with Crippen LogP contribution in [-0.4, -0.2) is 187 Å². The number of likely N-dealkylation sites (tertiary alicyclic amines) is 1. The van der Waals surface area contributed by atoms with E-state index in [0.717, 1.165) is 191 Å². The van der Waals surface area contributed by atoms with Crippen molar-refractivity contribution in [2.75, 3.05) is 99.8 Å². The fraction of sp³-hybridized carbons (Fsp3) is 0.358. The van der Waals surface area contributed by atoms with Crippen LogP contribution in [0.15, 0.2) is 146 Å². The maximum absolute atomic E-state index is 13.3. The van der Waals surface area contributed by atoms with Crippen molar-refractivity contribution in [3.63, 3.8) is 0 Å². The topological polar surface area (TPSA) is 306 Å². The number of benzene rings is 4. The van der Waals surface area contributed by atoms with E-state index in [1.54, 1.807) is 6.07 Å². The number of imide groups is 4. The number of pyridine rings is 4. The van der Waals surface area contributed by atoms with Crippen LogP contribution in [0.25, 0.3) is 55.0 Å². The summed E-state index contributed by atoms with van der Waals surface area (Å²) < 4.78 is 17.3. The molecule has 0 aliphatic carbocycles. The van der Waals surface area contributed by atoms with Gasteiger partial charge in [-0.3, -0.25) is 67.9 Å². The molecule has 0 spiro atoms. The van der Waals surface area contributed by atoms with Gasteiger partial charge in [0.05, 0.1) is 45.7 Å². The maximum atomic E-state index is 13.3. The van der Waals surface area contributed by atoms with Crippen molar-refractivity contribution in [3.8, 4) is 11.6 Å². The van der Waals surface area contributed by atoms with Gasteiger partial charge in [-0.05, 0) is 193 Å². The quantitative estimate of drug-likeness (QED) is 0.0531. The Labute approximate surface area is 616 Å². The van der Waals surface area contributed by atoms with Gasteiger partial charge in [0, 0.05) is 134 Å². The van der Waals surface area contributed by atoms with E-state index in [9.17, 15) is 42.7 Å². The number of piperidine rings is 5. The minimum Gasteiger partial charge on any atom is -0.398 e. The van der Waals surface area contributed by atoms with Crippen LogP contribution in [0.4, 0.5) is 27.4 Å². The summed E-state index contributed by atoms with van der Waals surface area (Å²) in [6, 6.07) is 31.5. The third-order valence-electron chi connectivity index (χ3n) is 22.9. The first-order chi connectivity index (χ1) is 52.0. The second-order valence-electron chi connectivity index (χ2n) is 29.3. The molecule has 6 fully saturated rings. The van der Waals surface area contributed by atoms with Gasteiger partial charge in [-0.2, -0.15) is 0 Å². The number of piperazine rings is 1. The molecule has 26 heteroatoms. The number of hydrogen-bond acceptors (Lipinski definition) is 19. The third kappa shape index (κ3) is 14.3. The van der Waals surface area contributed by atoms with Crippen molar-refractivity contribution in [1.82, 2.24) is 64.6 Å². The first-order valence-corrected chi connectivity index (χ1v) is 37.3. The Morgan fingerprint density at radius 3 is 1.36 bits per heavy atom. The number of nitrogens with two attached hydrogens (primary N) is 2. The molecule has 2 unspecified atom stereocenters. The normalized spacial score (nSPS) is 20.0. The van der Waals surface area contributed by atoms with Crippen LogP contribution in [0.3, 0.4) is 0 Å². The number of carbonyl (C=O) groups excluding carboxylic acids is 8. The number of aromatic nitrogens is 6. The number of halogens is 1. The molecule has 25 nitrogen and oxygen atoms in total. The van der Waals surface area contributed by atoms with Crippen molar-refractivity contribution < 1.29 is 42.7 Å². The highest BCUT2D eigenvalue weighted by atomic mass is 19.1. The Kier molecular flexibility index (Phi) is 19.6. The first-order valence-electron chi connectivity index (χ1n) is 37.3. The second-order valence-corrected chi connectivity index (χ2v) is 29.3. The predicted molar refractivity (Wildman–Crippen MR) is 405 cm³/mol. The molecule has 548 valence electrons. The first kappa shape index (κ1) is 70.0. The molecular formula is C81H84FN17O8. The van der Waals surface area contributed by atoms with E-state index in [-0.39, 0.29) is 42.7 Å². The van der Waals surface area contributed by atoms with Gasteiger partial charge in [0.25, 0.3) is 23.6 Å². The maximum Gasteiger partial charge on any atom is 0.262 e. The van der Waals surface area contributed by atoms with Crippen LogP contribution < -0.4 is 37.2 Å². The zero-order valence-corrected chi connectivity index (χ0v) is 59.4. The predicted octanol–water partition coefficient (Wildman–Crippen LogP) is 8.94. The zero-order chi connectivity index (χ0) is 73.6. The minimum absolute atomic E-state index is 0.0537. The molecule has 6 saturated heterocycles. The number of anilines is 4. The van der Waals surface area contributed by atoms with E-state index in [1.807, 2.05) is 85.6 Å². The standard InChI is InChI=1S/C41H42N8O4.C27H33N7.C13H9FN2O4/c42-33-3-1-2-29-23-43-37(22-31(29)33)48-19-13-28-21-36(44-24-35(28)48)47-17-9-25(10-18-47)8-14-46-15-11-26(12-16-46)27-4-5-30-32(20-27)41(53)49(40(30)52)34-6-7-38(50)45-39(34)51;28-24-3-1-2-22-18-30-27(17-23(22)24)34-13-7-21-16-26(31-19-25(21)34)33-11-5-20(6-12-33)4-10-32-14-8-29-9-15-32;14-6-1-2-7-8(5-6)13(20)16(12(7)19)9-3-4-10(17)15-11(9)18/h1-5,13,19-26,34H,6-12,14-18,42H2,(H,45,50,51);1-3,7,13,16-20,29H,4-6,8-12,14-15,28H2;1-2,5,9H,3-4H2,(H,15,17,18). The number of carbonyl (C=O) groups is 8. The number of amides is 8. The Morgan fingerprint density at radius 1 is 0.430 bits per heavy atom. The SMILES string of the molecule is Nc1cccc2cnc(-n3ccc4cc(N5CCC(CCN6CCC(c7ccc8c(c7)C(=O)N(C7CCC(=O)NC7=O)C8=O)CC6)CC5)ncc43)cc12.Nc1cccc2cnc(-n3ccc4cc(N5CCC(CCN6CCNCC6)CC5)ncc43)cc12.O=C1CCC(N2C(=O)c3ccc(F)cc3C2=O)C(=O)N1. The fourth-order valence-electron chi connectivity index (χ4n) is 16.7. The molecule has 6 aromatic heterocycles. The van der Waals surface area contributed by atoms with Crippen LogP contribution in [0, 0.1) is 17.7 Å². The van der Waals surface area contributed by atoms with Gasteiger partial charge >= 0.3 is 0 Å². The summed E-state index contributed by atoms with van der Waals surface area (Å²) >= 11 is 0. The average molecular weight is 1440 g/mol. The summed E-state index contributed by atoms with van der Waals surface area (Å²) in [6.07, 6.45) is 21.6. The summed E-state index contributed by atoms with van der Waals surface area (Å²) in [5, 5.41) is 14.2. The summed E-state index contributed by atoms with van der Waals surface area (Å²) in [7, 11) is 0. The van der Waals surface area contributed by atoms with Gasteiger partial charge in [-0.15, -0.1) is 0 Å². The minimum atomic E-state index is -1.02. The Balaban J connectivity index is 0.000000138. The van der Waals surface area contributed by atoms with Gasteiger partial charge in [0.2, 0.25) is 23.6 Å². The van der Waals surface area contributed by atoms with Crippen LogP contribution in [0.2, 0.25) is 0 Å². The molecule has 8 aliphatic heterocycles. The van der Waals surface area contributed by atoms with Gasteiger partial charge in [0.15, 0.2) is 0 Å². The van der Waals surface area contributed by atoms with Crippen molar-refractivity contribution in [3.05, 3.63) is 180 Å². The Bertz CT molecular complexity index is 5180. The van der Waals surface area contributed by atoms with Crippen molar-refractivity contribution >= 4 is 114 Å². The highest BCUT2D eigenvalue weighted by Crippen LogP contribution is 2.37. The molecule has 18 rings (SSSR count). The highest BCUT2D eigenvalue weighted by molar-refractivity contribution is 6.24. The monoisotopic (exact) mass is 1440 g/mol. The molecule has 0 bridgehead atoms. The summed E-state index contributed by atoms with van der Waals surface area (Å²) in [5.41, 5.74) is 17.8. The number of nitrogens with zero attached hydrogens (tertiary/aromatic N) is 12. The number of rotatable bonds is 13. The van der Waals surface area contributed by atoms with E-state index in [4.69, 9.17) is 26.4 Å². The zero-order valence-electron chi connectivity index (χ0n) is 59.4. The Hall–Kier alpha value is -11.4. The molecule has 8 amide bonds. The number of nitrogen functional groups attached to an aromatic ring is 2. The lowest BCUT2D eigenvalue weighted by Crippen LogP contribution is -2.54. The average Bonchev–Trinajstić information content (AvgIpc) is 1.61. The van der Waals surface area contributed by atoms with E-state index in [0.29, 0.717) is 23.0 Å². The van der Waals surface area contributed by atoms with Crippen LogP contribution >= 0.6 is 0 Å². The Morgan fingerprint density at radius 2 is 0.879 bits per heavy atom. The van der Waals surface area contributed by atoms with E-state index in [1.165, 1.54) is 56.8 Å². The molecule has 7 N–H and O–H groups in total. The van der Waals surface area contributed by atoms with Gasteiger partial charge < -0.3 is 36.4 Å². The molecule has 2 atom stereocenters. The van der Waals surface area contributed by atoms with Gasteiger partial charge in [-0.25, -0.2) is 24.3 Å². The summed E-state index contributed by atoms with van der Waals surface area (Å²) in [6.45, 7) is 13.2. The van der Waals surface area contributed by atoms with Crippen LogP contribution in [-0.2, 0) is 19.2 Å². The van der Waals surface area contributed by atoms with Gasteiger partial charge in [-0.1, -0.05) is 30.3 Å². The fourth-order valence-corrected chi connectivity index (χ4v) is 16.7. The molecule has 14 heterocycles. The lowest BCUT2D eigenvalue weighted by molar-refractivity contribution is -0.137. The van der Waals surface area contributed by atoms with Gasteiger partial charge in [0.1, 0.15) is 41.2 Å². The molecule has 4 aromatic carbocycles. The van der Waals surface area contributed by atoms with Crippen molar-refractivity contribution in [1.29, 1.82) is 0 Å². The van der Waals surface area contributed by atoms with Crippen molar-refractivity contribution in [2.24, 2.45) is 11.8 Å². The largest absolute Gasteiger partial charge is 0.398 e. The van der Waals surface area contributed by atoms with E-state index in [2.05, 4.69) is 86.2 Å². The molecule has 8 aliphatic rings. The molecule has 0 saturated carbocycles. The second kappa shape index (κ2) is 29.9. The molecular weight excluding hydrogens is 1360 g/mol.